The van der Waals surface area contributed by atoms with Crippen molar-refractivity contribution in [2.45, 2.75) is 24.8 Å². The van der Waals surface area contributed by atoms with Crippen LogP contribution >= 0.6 is 0 Å². The molecule has 0 unspecified atom stereocenters. The van der Waals surface area contributed by atoms with Crippen molar-refractivity contribution in [1.82, 2.24) is 23.8 Å². The van der Waals surface area contributed by atoms with Gasteiger partial charge in [-0.25, -0.2) is 22.6 Å². The van der Waals surface area contributed by atoms with Crippen LogP contribution in [0.5, 0.6) is 0 Å². The first-order chi connectivity index (χ1) is 17.3. The molecule has 3 heterocycles. The average molecular weight is 513 g/mol. The van der Waals surface area contributed by atoms with Crippen LogP contribution in [0.2, 0.25) is 0 Å². The molecule has 2 N–H and O–H groups in total. The number of aromatic amines is 2. The molecule has 1 saturated heterocycles. The Morgan fingerprint density at radius 3 is 2.39 bits per heavy atom. The number of aromatic nitrogens is 4. The standard InChI is InChI=1S/C24H25FN6O4S/c1-2-10-31-23(32)20-22(28-24(31)33)27-21(26-20)16-6-8-19(9-7-16)36(34,35)30-13-11-29(12-14-30)18-5-3-4-17(25)15-18/h3-9,15H,2,10-14H2,1H3,(H,26,27)(H,28,33). The van der Waals surface area contributed by atoms with Gasteiger partial charge in [-0.15, -0.1) is 0 Å². The maximum atomic E-state index is 13.5. The van der Waals surface area contributed by atoms with Crippen LogP contribution in [0.25, 0.3) is 22.6 Å². The quantitative estimate of drug-likeness (QED) is 0.408. The molecule has 1 aliphatic heterocycles. The number of sulfonamides is 1. The topological polar surface area (TPSA) is 124 Å². The Balaban J connectivity index is 1.35. The molecule has 0 atom stereocenters. The van der Waals surface area contributed by atoms with Gasteiger partial charge in [-0.05, 0) is 48.9 Å². The first kappa shape index (κ1) is 23.9. The summed E-state index contributed by atoms with van der Waals surface area (Å²) < 4.78 is 42.5. The molecule has 0 saturated carbocycles. The van der Waals surface area contributed by atoms with Crippen LogP contribution in [-0.4, -0.2) is 58.4 Å². The van der Waals surface area contributed by atoms with Crippen LogP contribution < -0.4 is 16.1 Å². The molecule has 0 radical (unpaired) electrons. The smallest absolute Gasteiger partial charge is 0.330 e. The molecule has 36 heavy (non-hydrogen) atoms. The predicted molar refractivity (Wildman–Crippen MR) is 134 cm³/mol. The van der Waals surface area contributed by atoms with Gasteiger partial charge in [-0.1, -0.05) is 13.0 Å². The number of hydrogen-bond acceptors (Lipinski definition) is 6. The van der Waals surface area contributed by atoms with Gasteiger partial charge in [-0.2, -0.15) is 4.31 Å². The van der Waals surface area contributed by atoms with Crippen molar-refractivity contribution >= 4 is 26.9 Å². The highest BCUT2D eigenvalue weighted by Gasteiger charge is 2.28. The fourth-order valence-electron chi connectivity index (χ4n) is 4.37. The summed E-state index contributed by atoms with van der Waals surface area (Å²) in [5.74, 6) is 0.0183. The molecule has 0 amide bonds. The van der Waals surface area contributed by atoms with E-state index in [4.69, 9.17) is 0 Å². The molecule has 0 aliphatic carbocycles. The largest absolute Gasteiger partial charge is 0.369 e. The van der Waals surface area contributed by atoms with Gasteiger partial charge in [0.2, 0.25) is 10.0 Å². The van der Waals surface area contributed by atoms with E-state index >= 15 is 0 Å². The highest BCUT2D eigenvalue weighted by atomic mass is 32.2. The highest BCUT2D eigenvalue weighted by Crippen LogP contribution is 2.24. The molecule has 0 bridgehead atoms. The molecule has 188 valence electrons. The molecule has 2 aromatic heterocycles. The van der Waals surface area contributed by atoms with Gasteiger partial charge >= 0.3 is 5.69 Å². The fourth-order valence-corrected chi connectivity index (χ4v) is 5.79. The number of fused-ring (bicyclic) bond motifs is 1. The van der Waals surface area contributed by atoms with Crippen molar-refractivity contribution in [2.24, 2.45) is 0 Å². The minimum absolute atomic E-state index is 0.139. The molecular weight excluding hydrogens is 487 g/mol. The lowest BCUT2D eigenvalue weighted by molar-refractivity contribution is 0.384. The maximum absolute atomic E-state index is 13.5. The van der Waals surface area contributed by atoms with E-state index in [0.29, 0.717) is 37.4 Å². The summed E-state index contributed by atoms with van der Waals surface area (Å²) in [7, 11) is -3.72. The molecule has 2 aromatic carbocycles. The Morgan fingerprint density at radius 2 is 1.72 bits per heavy atom. The average Bonchev–Trinajstić information content (AvgIpc) is 3.31. The molecule has 1 aliphatic rings. The Bertz CT molecular complexity index is 1630. The Labute approximate surface area is 206 Å². The summed E-state index contributed by atoms with van der Waals surface area (Å²) in [6.07, 6.45) is 0.630. The summed E-state index contributed by atoms with van der Waals surface area (Å²) in [5, 5.41) is 0. The number of benzene rings is 2. The second kappa shape index (κ2) is 9.36. The van der Waals surface area contributed by atoms with Crippen molar-refractivity contribution in [3.8, 4) is 11.4 Å². The molecule has 4 aromatic rings. The molecule has 1 fully saturated rings. The summed E-state index contributed by atoms with van der Waals surface area (Å²) in [6, 6.07) is 12.5. The number of hydrogen-bond donors (Lipinski definition) is 2. The second-order valence-corrected chi connectivity index (χ2v) is 10.5. The van der Waals surface area contributed by atoms with Gasteiger partial charge in [0.25, 0.3) is 5.56 Å². The van der Waals surface area contributed by atoms with E-state index in [2.05, 4.69) is 15.0 Å². The number of rotatable bonds is 6. The van der Waals surface area contributed by atoms with Gasteiger partial charge in [0, 0.05) is 44.0 Å². The third kappa shape index (κ3) is 4.33. The van der Waals surface area contributed by atoms with Crippen LogP contribution in [0, 0.1) is 5.82 Å². The number of H-pyrrole nitrogens is 2. The first-order valence-corrected chi connectivity index (χ1v) is 13.1. The van der Waals surface area contributed by atoms with E-state index in [1.807, 2.05) is 11.8 Å². The van der Waals surface area contributed by atoms with E-state index in [1.165, 1.54) is 28.6 Å². The molecular formula is C24H25FN6O4S. The summed E-state index contributed by atoms with van der Waals surface area (Å²) in [5.41, 5.74) is 0.664. The third-order valence-electron chi connectivity index (χ3n) is 6.26. The maximum Gasteiger partial charge on any atom is 0.330 e. The van der Waals surface area contributed by atoms with Crippen molar-refractivity contribution < 1.29 is 12.8 Å². The minimum atomic E-state index is -3.72. The Hall–Kier alpha value is -3.77. The van der Waals surface area contributed by atoms with Crippen molar-refractivity contribution in [1.29, 1.82) is 0 Å². The minimum Gasteiger partial charge on any atom is -0.369 e. The van der Waals surface area contributed by atoms with Gasteiger partial charge in [0.1, 0.15) is 17.2 Å². The molecule has 12 heteroatoms. The van der Waals surface area contributed by atoms with Gasteiger partial charge in [-0.3, -0.25) is 14.3 Å². The monoisotopic (exact) mass is 512 g/mol. The van der Waals surface area contributed by atoms with E-state index in [0.717, 1.165) is 10.3 Å². The van der Waals surface area contributed by atoms with Crippen LogP contribution in [0.1, 0.15) is 13.3 Å². The lowest BCUT2D eigenvalue weighted by atomic mass is 10.2. The van der Waals surface area contributed by atoms with E-state index < -0.39 is 21.3 Å². The van der Waals surface area contributed by atoms with Gasteiger partial charge in [0.05, 0.1) is 4.90 Å². The van der Waals surface area contributed by atoms with Crippen LogP contribution in [0.3, 0.4) is 0 Å². The zero-order valence-corrected chi connectivity index (χ0v) is 20.4. The molecule has 5 rings (SSSR count). The first-order valence-electron chi connectivity index (χ1n) is 11.6. The summed E-state index contributed by atoms with van der Waals surface area (Å²) >= 11 is 0. The third-order valence-corrected chi connectivity index (χ3v) is 8.17. The highest BCUT2D eigenvalue weighted by molar-refractivity contribution is 7.89. The predicted octanol–water partition coefficient (Wildman–Crippen LogP) is 2.14. The zero-order chi connectivity index (χ0) is 25.4. The number of imidazole rings is 1. The van der Waals surface area contributed by atoms with E-state index in [9.17, 15) is 22.4 Å². The molecule has 10 nitrogen and oxygen atoms in total. The van der Waals surface area contributed by atoms with Crippen LogP contribution in [-0.2, 0) is 16.6 Å². The van der Waals surface area contributed by atoms with Crippen molar-refractivity contribution in [3.05, 3.63) is 75.2 Å². The van der Waals surface area contributed by atoms with E-state index in [-0.39, 0.29) is 35.0 Å². The zero-order valence-electron chi connectivity index (χ0n) is 19.6. The SMILES string of the molecule is CCCn1c(=O)[nH]c2nc(-c3ccc(S(=O)(=O)N4CCN(c5cccc(F)c5)CC4)cc3)[nH]c2c1=O. The fraction of sp³-hybridized carbons (Fsp3) is 0.292. The number of halogens is 1. The number of nitrogens with one attached hydrogen (secondary N) is 2. The van der Waals surface area contributed by atoms with Crippen molar-refractivity contribution in [3.63, 3.8) is 0 Å². The lowest BCUT2D eigenvalue weighted by Crippen LogP contribution is -2.48. The lowest BCUT2D eigenvalue weighted by Gasteiger charge is -2.35. The van der Waals surface area contributed by atoms with Crippen LogP contribution in [0.4, 0.5) is 10.1 Å². The van der Waals surface area contributed by atoms with Gasteiger partial charge < -0.3 is 9.88 Å². The summed E-state index contributed by atoms with van der Waals surface area (Å²) in [4.78, 5) is 36.8. The molecule has 0 spiro atoms. The van der Waals surface area contributed by atoms with Crippen LogP contribution in [0.15, 0.2) is 63.0 Å². The van der Waals surface area contributed by atoms with Crippen molar-refractivity contribution in [2.75, 3.05) is 31.1 Å². The number of piperazine rings is 1. The Kier molecular flexibility index (Phi) is 6.22. The van der Waals surface area contributed by atoms with E-state index in [1.54, 1.807) is 24.3 Å². The number of nitrogens with zero attached hydrogens (tertiary/aromatic N) is 4. The van der Waals surface area contributed by atoms with Gasteiger partial charge in [0.15, 0.2) is 5.65 Å². The summed E-state index contributed by atoms with van der Waals surface area (Å²) in [6.45, 7) is 3.63. The Morgan fingerprint density at radius 1 is 1.00 bits per heavy atom. The second-order valence-electron chi connectivity index (χ2n) is 8.59. The number of anilines is 1. The normalized spacial score (nSPS) is 15.0.